The van der Waals surface area contributed by atoms with Gasteiger partial charge in [-0.1, -0.05) is 18.6 Å². The van der Waals surface area contributed by atoms with Crippen LogP contribution in [0.5, 0.6) is 0 Å². The Morgan fingerprint density at radius 3 is 2.70 bits per heavy atom. The van der Waals surface area contributed by atoms with Gasteiger partial charge >= 0.3 is 0 Å². The molecule has 2 aromatic rings. The highest BCUT2D eigenvalue weighted by Gasteiger charge is 2.24. The smallest absolute Gasteiger partial charge is 0.276 e. The molecule has 27 heavy (non-hydrogen) atoms. The Balaban J connectivity index is 1.63. The van der Waals surface area contributed by atoms with Gasteiger partial charge in [-0.25, -0.2) is 0 Å². The summed E-state index contributed by atoms with van der Waals surface area (Å²) in [5, 5.41) is 13.9. The minimum Gasteiger partial charge on any atom is -0.468 e. The summed E-state index contributed by atoms with van der Waals surface area (Å²) in [5.74, 6) is 0.543. The number of likely N-dealkylation sites (tertiary alicyclic amines) is 1. The van der Waals surface area contributed by atoms with Crippen molar-refractivity contribution in [2.75, 3.05) is 19.6 Å². The lowest BCUT2D eigenvalue weighted by molar-refractivity contribution is -0.385. The van der Waals surface area contributed by atoms with Crippen LogP contribution in [0.3, 0.4) is 0 Å². The second-order valence-corrected chi connectivity index (χ2v) is 6.52. The molecule has 1 fully saturated rings. The van der Waals surface area contributed by atoms with Crippen LogP contribution < -0.4 is 5.32 Å². The summed E-state index contributed by atoms with van der Waals surface area (Å²) in [5.41, 5.74) is 0.375. The largest absolute Gasteiger partial charge is 0.468 e. The Labute approximate surface area is 157 Å². The SMILES string of the molecule is O=C(/C=C/c1ccccc1[N+](=O)[O-])NCC(c1ccco1)N1CCCCC1. The van der Waals surface area contributed by atoms with E-state index in [1.165, 1.54) is 24.6 Å². The number of piperidine rings is 1. The van der Waals surface area contributed by atoms with Crippen LogP contribution in [-0.4, -0.2) is 35.4 Å². The van der Waals surface area contributed by atoms with Crippen LogP contribution in [-0.2, 0) is 4.79 Å². The third-order valence-electron chi connectivity index (χ3n) is 4.72. The summed E-state index contributed by atoms with van der Waals surface area (Å²) >= 11 is 0. The van der Waals surface area contributed by atoms with Gasteiger partial charge in [0, 0.05) is 18.7 Å². The quantitative estimate of drug-likeness (QED) is 0.458. The Morgan fingerprint density at radius 1 is 1.22 bits per heavy atom. The van der Waals surface area contributed by atoms with Crippen LogP contribution in [0.15, 0.2) is 53.2 Å². The number of nitrogens with one attached hydrogen (secondary N) is 1. The van der Waals surface area contributed by atoms with E-state index in [-0.39, 0.29) is 17.6 Å². The molecule has 1 aromatic heterocycles. The Morgan fingerprint density at radius 2 is 2.00 bits per heavy atom. The lowest BCUT2D eigenvalue weighted by Crippen LogP contribution is -2.40. The summed E-state index contributed by atoms with van der Waals surface area (Å²) in [6.45, 7) is 2.38. The number of hydrogen-bond donors (Lipinski definition) is 1. The fraction of sp³-hybridized carbons (Fsp3) is 0.350. The van der Waals surface area contributed by atoms with Crippen LogP contribution in [0, 0.1) is 10.1 Å². The van der Waals surface area contributed by atoms with Gasteiger partial charge in [-0.2, -0.15) is 0 Å². The van der Waals surface area contributed by atoms with Crippen molar-refractivity contribution in [2.45, 2.75) is 25.3 Å². The van der Waals surface area contributed by atoms with Gasteiger partial charge in [0.25, 0.3) is 5.69 Å². The van der Waals surface area contributed by atoms with E-state index in [4.69, 9.17) is 4.42 Å². The molecule has 1 amide bonds. The molecule has 1 aliphatic heterocycles. The molecular weight excluding hydrogens is 346 g/mol. The third kappa shape index (κ3) is 5.04. The van der Waals surface area contributed by atoms with Crippen LogP contribution in [0.1, 0.15) is 36.6 Å². The number of hydrogen-bond acceptors (Lipinski definition) is 5. The van der Waals surface area contributed by atoms with E-state index in [9.17, 15) is 14.9 Å². The zero-order valence-corrected chi connectivity index (χ0v) is 15.0. The fourth-order valence-electron chi connectivity index (χ4n) is 3.34. The molecule has 7 nitrogen and oxygen atoms in total. The molecule has 3 rings (SSSR count). The standard InChI is InChI=1S/C20H23N3O4/c24-20(11-10-16-7-2-3-8-17(16)23(25)26)21-15-18(19-9-6-14-27-19)22-12-4-1-5-13-22/h2-3,6-11,14,18H,1,4-5,12-13,15H2,(H,21,24)/b11-10+. The van der Waals surface area contributed by atoms with Gasteiger partial charge < -0.3 is 9.73 Å². The molecule has 1 aromatic carbocycles. The maximum absolute atomic E-state index is 12.2. The minimum atomic E-state index is -0.457. The van der Waals surface area contributed by atoms with Gasteiger partial charge in [-0.15, -0.1) is 0 Å². The summed E-state index contributed by atoms with van der Waals surface area (Å²) in [6.07, 6.45) is 7.95. The summed E-state index contributed by atoms with van der Waals surface area (Å²) in [6, 6.07) is 10.1. The first-order valence-electron chi connectivity index (χ1n) is 9.12. The lowest BCUT2D eigenvalue weighted by Gasteiger charge is -2.33. The van der Waals surface area contributed by atoms with Gasteiger partial charge in [0.1, 0.15) is 5.76 Å². The first kappa shape index (κ1) is 18.8. The molecule has 1 N–H and O–H groups in total. The maximum Gasteiger partial charge on any atom is 0.276 e. The molecule has 1 saturated heterocycles. The van der Waals surface area contributed by atoms with Gasteiger partial charge in [-0.3, -0.25) is 19.8 Å². The van der Waals surface area contributed by atoms with Crippen molar-refractivity contribution < 1.29 is 14.1 Å². The minimum absolute atomic E-state index is 0.0105. The fourth-order valence-corrected chi connectivity index (χ4v) is 3.34. The highest BCUT2D eigenvalue weighted by atomic mass is 16.6. The summed E-state index contributed by atoms with van der Waals surface area (Å²) < 4.78 is 5.57. The molecule has 0 spiro atoms. The van der Waals surface area contributed by atoms with E-state index in [0.29, 0.717) is 12.1 Å². The van der Waals surface area contributed by atoms with Crippen LogP contribution in [0.2, 0.25) is 0 Å². The molecule has 1 aliphatic rings. The van der Waals surface area contributed by atoms with E-state index in [2.05, 4.69) is 10.2 Å². The number of para-hydroxylation sites is 1. The molecule has 2 heterocycles. The predicted octanol–water partition coefficient (Wildman–Crippen LogP) is 3.54. The number of nitro groups is 1. The summed E-state index contributed by atoms with van der Waals surface area (Å²) in [7, 11) is 0. The molecule has 1 unspecified atom stereocenters. The van der Waals surface area contributed by atoms with E-state index in [0.717, 1.165) is 31.7 Å². The van der Waals surface area contributed by atoms with E-state index in [1.807, 2.05) is 12.1 Å². The molecule has 1 atom stereocenters. The van der Waals surface area contributed by atoms with Crippen molar-refractivity contribution in [3.8, 4) is 0 Å². The highest BCUT2D eigenvalue weighted by Crippen LogP contribution is 2.24. The van der Waals surface area contributed by atoms with Crippen LogP contribution >= 0.6 is 0 Å². The Hall–Kier alpha value is -2.93. The van der Waals surface area contributed by atoms with Crippen molar-refractivity contribution in [2.24, 2.45) is 0 Å². The zero-order chi connectivity index (χ0) is 19.1. The topological polar surface area (TPSA) is 88.6 Å². The van der Waals surface area contributed by atoms with Crippen molar-refractivity contribution in [1.82, 2.24) is 10.2 Å². The van der Waals surface area contributed by atoms with Crippen molar-refractivity contribution in [1.29, 1.82) is 0 Å². The molecular formula is C20H23N3O4. The van der Waals surface area contributed by atoms with E-state index in [1.54, 1.807) is 24.5 Å². The van der Waals surface area contributed by atoms with Gasteiger partial charge in [0.05, 0.1) is 22.8 Å². The first-order chi connectivity index (χ1) is 13.1. The molecule has 0 bridgehead atoms. The molecule has 0 saturated carbocycles. The molecule has 0 aliphatic carbocycles. The Kier molecular flexibility index (Phi) is 6.38. The average molecular weight is 369 g/mol. The van der Waals surface area contributed by atoms with Crippen LogP contribution in [0.25, 0.3) is 6.08 Å². The van der Waals surface area contributed by atoms with Gasteiger partial charge in [-0.05, 0) is 50.2 Å². The lowest BCUT2D eigenvalue weighted by atomic mass is 10.1. The highest BCUT2D eigenvalue weighted by molar-refractivity contribution is 5.92. The van der Waals surface area contributed by atoms with Gasteiger partial charge in [0.15, 0.2) is 0 Å². The number of amides is 1. The molecule has 7 heteroatoms. The average Bonchev–Trinajstić information content (AvgIpc) is 3.22. The number of carbonyl (C=O) groups excluding carboxylic acids is 1. The number of furan rings is 1. The third-order valence-corrected chi connectivity index (χ3v) is 4.72. The number of nitrogens with zero attached hydrogens (tertiary/aromatic N) is 2. The number of rotatable bonds is 7. The Bertz CT molecular complexity index is 795. The number of nitro benzene ring substituents is 1. The second kappa shape index (κ2) is 9.14. The van der Waals surface area contributed by atoms with E-state index >= 15 is 0 Å². The van der Waals surface area contributed by atoms with E-state index < -0.39 is 4.92 Å². The maximum atomic E-state index is 12.2. The second-order valence-electron chi connectivity index (χ2n) is 6.52. The van der Waals surface area contributed by atoms with Crippen molar-refractivity contribution >= 4 is 17.7 Å². The number of carbonyl (C=O) groups is 1. The number of benzene rings is 1. The first-order valence-corrected chi connectivity index (χ1v) is 9.12. The monoisotopic (exact) mass is 369 g/mol. The molecule has 142 valence electrons. The normalized spacial score (nSPS) is 16.3. The van der Waals surface area contributed by atoms with Crippen LogP contribution in [0.4, 0.5) is 5.69 Å². The van der Waals surface area contributed by atoms with Gasteiger partial charge in [0.2, 0.25) is 5.91 Å². The van der Waals surface area contributed by atoms with Crippen molar-refractivity contribution in [3.05, 3.63) is 70.2 Å². The summed E-state index contributed by atoms with van der Waals surface area (Å²) in [4.78, 5) is 25.2. The van der Waals surface area contributed by atoms with Crippen molar-refractivity contribution in [3.63, 3.8) is 0 Å². The molecule has 0 radical (unpaired) electrons. The predicted molar refractivity (Wildman–Crippen MR) is 102 cm³/mol. The zero-order valence-electron chi connectivity index (χ0n) is 15.0.